The van der Waals surface area contributed by atoms with Gasteiger partial charge in [0, 0.05) is 11.0 Å². The Kier molecular flexibility index (Phi) is 5.55. The highest BCUT2D eigenvalue weighted by molar-refractivity contribution is 6.04. The third-order valence-electron chi connectivity index (χ3n) is 8.32. The lowest BCUT2D eigenvalue weighted by Gasteiger charge is -2.48. The number of hydrogen-bond acceptors (Lipinski definition) is 6. The minimum absolute atomic E-state index is 0.0672. The Morgan fingerprint density at radius 3 is 2.67 bits per heavy atom. The molecule has 33 heavy (non-hydrogen) atoms. The van der Waals surface area contributed by atoms with Crippen LogP contribution in [0.1, 0.15) is 67.2 Å². The molecule has 2 aromatic carbocycles. The molecular weight excluding hydrogens is 416 g/mol. The summed E-state index contributed by atoms with van der Waals surface area (Å²) in [5, 5.41) is 28.4. The van der Waals surface area contributed by atoms with Crippen molar-refractivity contribution < 1.29 is 19.9 Å². The van der Waals surface area contributed by atoms with Gasteiger partial charge in [-0.1, -0.05) is 47.1 Å². The van der Waals surface area contributed by atoms with E-state index in [0.29, 0.717) is 30.1 Å². The summed E-state index contributed by atoms with van der Waals surface area (Å²) >= 11 is 0. The molecule has 2 fully saturated rings. The number of rotatable bonds is 4. The van der Waals surface area contributed by atoms with Gasteiger partial charge in [-0.15, -0.1) is 0 Å². The molecule has 0 aromatic heterocycles. The molecule has 2 N–H and O–H groups in total. The van der Waals surface area contributed by atoms with Crippen LogP contribution in [-0.2, 0) is 11.4 Å². The fraction of sp³-hybridized carbons (Fsp3) is 0.481. The number of oxime groups is 2. The van der Waals surface area contributed by atoms with Gasteiger partial charge in [-0.05, 0) is 80.0 Å². The van der Waals surface area contributed by atoms with E-state index in [9.17, 15) is 10.3 Å². The molecule has 0 spiro atoms. The number of phenolic OH excluding ortho intramolecular Hbond substituents is 1. The largest absolute Gasteiger partial charge is 0.504 e. The zero-order chi connectivity index (χ0) is 23.2. The molecular formula is C27H32N2O4. The number of aromatic hydroxyl groups is 1. The first-order chi connectivity index (χ1) is 15.9. The summed E-state index contributed by atoms with van der Waals surface area (Å²) in [6.07, 6.45) is 4.67. The number of phenols is 1. The maximum atomic E-state index is 10.5. The van der Waals surface area contributed by atoms with Gasteiger partial charge < -0.3 is 19.9 Å². The van der Waals surface area contributed by atoms with E-state index in [4.69, 9.17) is 9.57 Å². The van der Waals surface area contributed by atoms with Crippen molar-refractivity contribution in [1.82, 2.24) is 0 Å². The summed E-state index contributed by atoms with van der Waals surface area (Å²) in [6, 6.07) is 12.0. The Morgan fingerprint density at radius 2 is 1.94 bits per heavy atom. The molecule has 0 amide bonds. The molecule has 174 valence electrons. The van der Waals surface area contributed by atoms with Gasteiger partial charge in [0.1, 0.15) is 6.61 Å². The number of ether oxygens (including phenoxy) is 1. The minimum Gasteiger partial charge on any atom is -0.504 e. The van der Waals surface area contributed by atoms with Gasteiger partial charge in [0.25, 0.3) is 0 Å². The predicted octanol–water partition coefficient (Wildman–Crippen LogP) is 5.77. The average molecular weight is 449 g/mol. The fourth-order valence-electron chi connectivity index (χ4n) is 6.50. The monoisotopic (exact) mass is 448 g/mol. The molecule has 0 saturated heterocycles. The highest BCUT2D eigenvalue weighted by Gasteiger charge is 2.54. The minimum atomic E-state index is -0.0672. The fourth-order valence-corrected chi connectivity index (χ4v) is 6.50. The number of hydrogen-bond donors (Lipinski definition) is 2. The van der Waals surface area contributed by atoms with Gasteiger partial charge >= 0.3 is 0 Å². The molecule has 6 heteroatoms. The predicted molar refractivity (Wildman–Crippen MR) is 127 cm³/mol. The first-order valence-electron chi connectivity index (χ1n) is 11.8. The molecule has 3 aliphatic carbocycles. The van der Waals surface area contributed by atoms with E-state index in [1.54, 1.807) is 13.2 Å². The zero-order valence-electron chi connectivity index (χ0n) is 19.5. The van der Waals surface area contributed by atoms with Crippen molar-refractivity contribution in [3.8, 4) is 11.5 Å². The summed E-state index contributed by atoms with van der Waals surface area (Å²) in [6.45, 7) is 4.72. The third kappa shape index (κ3) is 3.65. The van der Waals surface area contributed by atoms with Crippen molar-refractivity contribution >= 4 is 11.4 Å². The van der Waals surface area contributed by atoms with E-state index >= 15 is 0 Å². The molecule has 0 unspecified atom stereocenters. The van der Waals surface area contributed by atoms with Crippen LogP contribution in [0.15, 0.2) is 46.7 Å². The number of benzene rings is 2. The van der Waals surface area contributed by atoms with Crippen molar-refractivity contribution in [3.05, 3.63) is 58.7 Å². The van der Waals surface area contributed by atoms with Gasteiger partial charge in [0.2, 0.25) is 0 Å². The van der Waals surface area contributed by atoms with Crippen LogP contribution in [0.2, 0.25) is 0 Å². The topological polar surface area (TPSA) is 83.6 Å². The van der Waals surface area contributed by atoms with E-state index in [0.717, 1.165) is 54.7 Å². The highest BCUT2D eigenvalue weighted by Crippen LogP contribution is 2.60. The summed E-state index contributed by atoms with van der Waals surface area (Å²) in [4.78, 5) is 5.82. The Hall–Kier alpha value is -3.02. The second kappa shape index (κ2) is 8.40. The van der Waals surface area contributed by atoms with Crippen molar-refractivity contribution in [2.75, 3.05) is 7.11 Å². The third-order valence-corrected chi connectivity index (χ3v) is 8.32. The molecule has 0 bridgehead atoms. The van der Waals surface area contributed by atoms with E-state index in [1.165, 1.54) is 11.1 Å². The maximum Gasteiger partial charge on any atom is 0.160 e. The van der Waals surface area contributed by atoms with Gasteiger partial charge in [0.05, 0.1) is 18.5 Å². The van der Waals surface area contributed by atoms with Crippen LogP contribution in [-0.4, -0.2) is 28.8 Å². The van der Waals surface area contributed by atoms with E-state index in [1.807, 2.05) is 6.07 Å². The molecule has 2 saturated carbocycles. The molecule has 2 aromatic rings. The van der Waals surface area contributed by atoms with Gasteiger partial charge in [0.15, 0.2) is 11.5 Å². The van der Waals surface area contributed by atoms with E-state index < -0.39 is 0 Å². The number of fused-ring (bicyclic) bond motifs is 5. The SMILES string of the molecule is COc1cc2c(cc1O)/C(=N/OCc1ccc(C)cc1)C[C@@H]1[C@@H]2CC[C@]2(C)/C(=N/O)CC[C@@H]12. The van der Waals surface area contributed by atoms with Crippen LogP contribution < -0.4 is 4.74 Å². The standard InChI is InChI=1S/C27H32N2O4/c1-16-4-6-17(7-5-16)15-33-29-23-12-20-18(19-14-25(32-3)24(30)13-21(19)23)10-11-27(2)22(20)8-9-26(27)28-31/h4-7,13-14,18,20,22,30-31H,8-12,15H2,1-3H3/b28-26+,29-23+/t18-,20-,22+,27+/m1/s1. The van der Waals surface area contributed by atoms with Crippen LogP contribution in [0.4, 0.5) is 0 Å². The lowest BCUT2D eigenvalue weighted by Crippen LogP contribution is -2.43. The second-order valence-electron chi connectivity index (χ2n) is 10.0. The van der Waals surface area contributed by atoms with Crippen molar-refractivity contribution in [1.29, 1.82) is 0 Å². The second-order valence-corrected chi connectivity index (χ2v) is 10.0. The van der Waals surface area contributed by atoms with Crippen LogP contribution in [0.5, 0.6) is 11.5 Å². The number of methoxy groups -OCH3 is 1. The maximum absolute atomic E-state index is 10.5. The first kappa shape index (κ1) is 21.8. The molecule has 0 aliphatic heterocycles. The van der Waals surface area contributed by atoms with Crippen LogP contribution in [0, 0.1) is 24.2 Å². The van der Waals surface area contributed by atoms with Crippen LogP contribution >= 0.6 is 0 Å². The smallest absolute Gasteiger partial charge is 0.160 e. The van der Waals surface area contributed by atoms with Gasteiger partial charge in [-0.2, -0.15) is 0 Å². The summed E-state index contributed by atoms with van der Waals surface area (Å²) in [7, 11) is 1.58. The van der Waals surface area contributed by atoms with Crippen molar-refractivity contribution in [3.63, 3.8) is 0 Å². The quantitative estimate of drug-likeness (QED) is 0.459. The summed E-state index contributed by atoms with van der Waals surface area (Å²) in [5.74, 6) is 1.79. The van der Waals surface area contributed by atoms with Crippen molar-refractivity contribution in [2.24, 2.45) is 27.6 Å². The average Bonchev–Trinajstić information content (AvgIpc) is 3.16. The Bertz CT molecular complexity index is 1110. The summed E-state index contributed by atoms with van der Waals surface area (Å²) in [5.41, 5.74) is 6.16. The normalized spacial score (nSPS) is 30.6. The molecule has 0 heterocycles. The summed E-state index contributed by atoms with van der Waals surface area (Å²) < 4.78 is 5.44. The lowest BCUT2D eigenvalue weighted by atomic mass is 9.55. The first-order valence-corrected chi connectivity index (χ1v) is 11.8. The Balaban J connectivity index is 1.50. The van der Waals surface area contributed by atoms with Crippen LogP contribution in [0.25, 0.3) is 0 Å². The highest BCUT2D eigenvalue weighted by atomic mass is 16.6. The Morgan fingerprint density at radius 1 is 1.15 bits per heavy atom. The zero-order valence-corrected chi connectivity index (χ0v) is 19.5. The van der Waals surface area contributed by atoms with E-state index in [-0.39, 0.29) is 11.2 Å². The molecule has 3 aliphatic rings. The molecule has 6 nitrogen and oxygen atoms in total. The van der Waals surface area contributed by atoms with Crippen LogP contribution in [0.3, 0.4) is 0 Å². The number of aryl methyl sites for hydroxylation is 1. The number of nitrogens with zero attached hydrogens (tertiary/aromatic N) is 2. The molecule has 4 atom stereocenters. The molecule has 5 rings (SSSR count). The Labute approximate surface area is 194 Å². The van der Waals surface area contributed by atoms with Crippen molar-refractivity contribution in [2.45, 2.75) is 58.5 Å². The lowest BCUT2D eigenvalue weighted by molar-refractivity contribution is 0.103. The van der Waals surface area contributed by atoms with E-state index in [2.05, 4.69) is 48.4 Å². The van der Waals surface area contributed by atoms with Gasteiger partial charge in [-0.25, -0.2) is 0 Å². The molecule has 0 radical (unpaired) electrons. The van der Waals surface area contributed by atoms with Gasteiger partial charge in [-0.3, -0.25) is 0 Å².